The van der Waals surface area contributed by atoms with Crippen LogP contribution in [0.4, 0.5) is 0 Å². The Morgan fingerprint density at radius 3 is 2.71 bits per heavy atom. The van der Waals surface area contributed by atoms with Crippen molar-refractivity contribution < 1.29 is 4.74 Å². The molecule has 3 nitrogen and oxygen atoms in total. The van der Waals surface area contributed by atoms with E-state index >= 15 is 0 Å². The normalized spacial score (nSPS) is 44.8. The molecule has 14 heavy (non-hydrogen) atoms. The van der Waals surface area contributed by atoms with Crippen LogP contribution < -0.4 is 5.73 Å². The van der Waals surface area contributed by atoms with Crippen LogP contribution in [-0.2, 0) is 4.74 Å². The third-order valence-corrected chi connectivity index (χ3v) is 3.60. The van der Waals surface area contributed by atoms with E-state index in [0.717, 1.165) is 19.2 Å². The molecule has 0 spiro atoms. The third-order valence-electron chi connectivity index (χ3n) is 3.60. The molecular formula is C11H22N2O. The summed E-state index contributed by atoms with van der Waals surface area (Å²) in [5.74, 6) is 0. The highest BCUT2D eigenvalue weighted by Gasteiger charge is 2.37. The number of nitrogens with zero attached hydrogens (tertiary/aromatic N) is 1. The van der Waals surface area contributed by atoms with Crippen LogP contribution in [0.3, 0.4) is 0 Å². The highest BCUT2D eigenvalue weighted by molar-refractivity contribution is 4.94. The number of rotatable bonds is 2. The van der Waals surface area contributed by atoms with E-state index in [1.54, 1.807) is 0 Å². The highest BCUT2D eigenvalue weighted by atomic mass is 16.5. The van der Waals surface area contributed by atoms with Crippen molar-refractivity contribution in [3.8, 4) is 0 Å². The molecule has 0 aromatic carbocycles. The van der Waals surface area contributed by atoms with E-state index in [4.69, 9.17) is 10.5 Å². The van der Waals surface area contributed by atoms with Crippen LogP contribution in [-0.4, -0.2) is 42.3 Å². The van der Waals surface area contributed by atoms with Gasteiger partial charge in [0.25, 0.3) is 0 Å². The molecular weight excluding hydrogens is 176 g/mol. The summed E-state index contributed by atoms with van der Waals surface area (Å²) in [6.07, 6.45) is 3.96. The lowest BCUT2D eigenvalue weighted by Crippen LogP contribution is -2.59. The summed E-state index contributed by atoms with van der Waals surface area (Å²) >= 11 is 0. The molecule has 1 heterocycles. The molecule has 1 saturated carbocycles. The molecule has 2 fully saturated rings. The van der Waals surface area contributed by atoms with Crippen molar-refractivity contribution in [2.24, 2.45) is 5.73 Å². The molecule has 1 aliphatic carbocycles. The molecule has 1 saturated heterocycles. The van der Waals surface area contributed by atoms with Crippen molar-refractivity contribution in [1.29, 1.82) is 0 Å². The Hall–Kier alpha value is -0.120. The van der Waals surface area contributed by atoms with E-state index in [1.807, 2.05) is 0 Å². The number of nitrogens with two attached hydrogens (primary N) is 1. The van der Waals surface area contributed by atoms with Gasteiger partial charge in [0.2, 0.25) is 0 Å². The maximum atomic E-state index is 5.84. The molecule has 3 heteroatoms. The first-order valence-corrected chi connectivity index (χ1v) is 5.83. The smallest absolute Gasteiger partial charge is 0.0674 e. The summed E-state index contributed by atoms with van der Waals surface area (Å²) in [5.41, 5.74) is 5.84. The zero-order valence-electron chi connectivity index (χ0n) is 9.28. The van der Waals surface area contributed by atoms with Gasteiger partial charge in [-0.1, -0.05) is 6.92 Å². The van der Waals surface area contributed by atoms with Crippen LogP contribution in [0, 0.1) is 0 Å². The summed E-state index contributed by atoms with van der Waals surface area (Å²) in [6.45, 7) is 6.41. The van der Waals surface area contributed by atoms with E-state index in [2.05, 4.69) is 18.7 Å². The van der Waals surface area contributed by atoms with Crippen LogP contribution in [0.25, 0.3) is 0 Å². The van der Waals surface area contributed by atoms with Crippen molar-refractivity contribution in [3.63, 3.8) is 0 Å². The maximum absolute atomic E-state index is 5.84. The Balaban J connectivity index is 1.92. The summed E-state index contributed by atoms with van der Waals surface area (Å²) in [5, 5.41) is 0. The average molecular weight is 198 g/mol. The molecule has 2 aliphatic rings. The molecule has 2 N–H and O–H groups in total. The van der Waals surface area contributed by atoms with Crippen molar-refractivity contribution in [2.45, 2.75) is 57.3 Å². The van der Waals surface area contributed by atoms with Gasteiger partial charge in [-0.15, -0.1) is 0 Å². The standard InChI is InChI=1S/C11H22N2O/c1-3-10-7-14-8(2)6-13(10)11-4-9(12)5-11/h8-11H,3-7,12H2,1-2H3. The lowest BCUT2D eigenvalue weighted by atomic mass is 9.84. The second kappa shape index (κ2) is 4.17. The molecule has 2 atom stereocenters. The Kier molecular flexibility index (Phi) is 3.10. The number of hydrogen-bond donors (Lipinski definition) is 1. The quantitative estimate of drug-likeness (QED) is 0.718. The second-order valence-corrected chi connectivity index (χ2v) is 4.79. The van der Waals surface area contributed by atoms with Crippen molar-refractivity contribution in [1.82, 2.24) is 4.90 Å². The molecule has 82 valence electrons. The van der Waals surface area contributed by atoms with Crippen LogP contribution in [0.5, 0.6) is 0 Å². The minimum absolute atomic E-state index is 0.398. The fraction of sp³-hybridized carbons (Fsp3) is 1.00. The zero-order chi connectivity index (χ0) is 10.1. The highest BCUT2D eigenvalue weighted by Crippen LogP contribution is 2.29. The summed E-state index contributed by atoms with van der Waals surface area (Å²) in [6, 6.07) is 1.82. The number of ether oxygens (including phenoxy) is 1. The monoisotopic (exact) mass is 198 g/mol. The predicted octanol–water partition coefficient (Wildman–Crippen LogP) is 0.975. The molecule has 1 aliphatic heterocycles. The van der Waals surface area contributed by atoms with Gasteiger partial charge in [0, 0.05) is 24.7 Å². The molecule has 0 radical (unpaired) electrons. The van der Waals surface area contributed by atoms with Gasteiger partial charge in [-0.2, -0.15) is 0 Å². The Bertz CT molecular complexity index is 192. The fourth-order valence-electron chi connectivity index (χ4n) is 2.57. The Morgan fingerprint density at radius 1 is 1.43 bits per heavy atom. The molecule has 0 aromatic rings. The van der Waals surface area contributed by atoms with Crippen LogP contribution in [0.1, 0.15) is 33.1 Å². The Labute approximate surface area is 86.6 Å². The zero-order valence-corrected chi connectivity index (χ0v) is 9.28. The van der Waals surface area contributed by atoms with Gasteiger partial charge in [0.15, 0.2) is 0 Å². The third kappa shape index (κ3) is 1.95. The van der Waals surface area contributed by atoms with Gasteiger partial charge >= 0.3 is 0 Å². The second-order valence-electron chi connectivity index (χ2n) is 4.79. The lowest BCUT2D eigenvalue weighted by Gasteiger charge is -2.48. The minimum atomic E-state index is 0.398. The van der Waals surface area contributed by atoms with E-state index in [0.29, 0.717) is 18.2 Å². The minimum Gasteiger partial charge on any atom is -0.376 e. The largest absolute Gasteiger partial charge is 0.376 e. The van der Waals surface area contributed by atoms with Crippen molar-refractivity contribution in [2.75, 3.05) is 13.2 Å². The van der Waals surface area contributed by atoms with Crippen LogP contribution in [0.15, 0.2) is 0 Å². The van der Waals surface area contributed by atoms with Crippen LogP contribution >= 0.6 is 0 Å². The van der Waals surface area contributed by atoms with E-state index in [9.17, 15) is 0 Å². The summed E-state index contributed by atoms with van der Waals surface area (Å²) < 4.78 is 5.68. The van der Waals surface area contributed by atoms with Gasteiger partial charge in [0.1, 0.15) is 0 Å². The predicted molar refractivity (Wildman–Crippen MR) is 57.2 cm³/mol. The van der Waals surface area contributed by atoms with Gasteiger partial charge in [0.05, 0.1) is 12.7 Å². The first-order chi connectivity index (χ1) is 6.70. The summed E-state index contributed by atoms with van der Waals surface area (Å²) in [4.78, 5) is 2.62. The molecule has 0 aromatic heterocycles. The van der Waals surface area contributed by atoms with Gasteiger partial charge in [-0.05, 0) is 26.2 Å². The van der Waals surface area contributed by atoms with E-state index in [1.165, 1.54) is 19.3 Å². The molecule has 0 bridgehead atoms. The van der Waals surface area contributed by atoms with Gasteiger partial charge < -0.3 is 10.5 Å². The first-order valence-electron chi connectivity index (χ1n) is 5.83. The fourth-order valence-corrected chi connectivity index (χ4v) is 2.57. The topological polar surface area (TPSA) is 38.5 Å². The first kappa shape index (κ1) is 10.4. The number of morpholine rings is 1. The lowest BCUT2D eigenvalue weighted by molar-refractivity contribution is -0.0869. The maximum Gasteiger partial charge on any atom is 0.0674 e. The van der Waals surface area contributed by atoms with E-state index < -0.39 is 0 Å². The molecule has 2 rings (SSSR count). The van der Waals surface area contributed by atoms with Crippen molar-refractivity contribution in [3.05, 3.63) is 0 Å². The molecule has 2 unspecified atom stereocenters. The van der Waals surface area contributed by atoms with E-state index in [-0.39, 0.29) is 0 Å². The summed E-state index contributed by atoms with van der Waals surface area (Å²) in [7, 11) is 0. The Morgan fingerprint density at radius 2 is 2.14 bits per heavy atom. The van der Waals surface area contributed by atoms with Crippen molar-refractivity contribution >= 4 is 0 Å². The number of hydrogen-bond acceptors (Lipinski definition) is 3. The average Bonchev–Trinajstić information content (AvgIpc) is 2.13. The molecule has 0 amide bonds. The SMILES string of the molecule is CCC1COC(C)CN1C1CC(N)C1. The van der Waals surface area contributed by atoms with Crippen LogP contribution in [0.2, 0.25) is 0 Å². The van der Waals surface area contributed by atoms with Gasteiger partial charge in [-0.25, -0.2) is 0 Å². The van der Waals surface area contributed by atoms with Gasteiger partial charge in [-0.3, -0.25) is 4.90 Å².